The first-order valence-corrected chi connectivity index (χ1v) is 7.54. The molecule has 0 radical (unpaired) electrons. The molecule has 6 heteroatoms. The van der Waals surface area contributed by atoms with E-state index < -0.39 is 0 Å². The van der Waals surface area contributed by atoms with Crippen LogP contribution < -0.4 is 15.5 Å². The van der Waals surface area contributed by atoms with E-state index in [4.69, 9.17) is 11.6 Å². The van der Waals surface area contributed by atoms with Gasteiger partial charge in [-0.05, 0) is 36.7 Å². The zero-order chi connectivity index (χ0) is 15.4. The number of benzene rings is 1. The molecule has 2 N–H and O–H groups in total. The molecule has 1 aliphatic heterocycles. The number of carbonyl (C=O) groups is 2. The molecule has 2 amide bonds. The van der Waals surface area contributed by atoms with Gasteiger partial charge in [-0.3, -0.25) is 14.9 Å². The molecular weight excluding hydrogens is 290 g/mol. The molecule has 0 saturated carbocycles. The lowest BCUT2D eigenvalue weighted by atomic mass is 10.0. The van der Waals surface area contributed by atoms with Gasteiger partial charge in [-0.25, -0.2) is 0 Å². The maximum absolute atomic E-state index is 12.0. The number of carbonyl (C=O) groups excluding carboxylic acids is 2. The molecule has 0 bridgehead atoms. The van der Waals surface area contributed by atoms with E-state index in [1.54, 1.807) is 6.07 Å². The van der Waals surface area contributed by atoms with Crippen LogP contribution in [0, 0.1) is 0 Å². The molecule has 1 aromatic carbocycles. The van der Waals surface area contributed by atoms with Crippen LogP contribution in [0.25, 0.3) is 0 Å². The van der Waals surface area contributed by atoms with Crippen LogP contribution in [0.4, 0.5) is 5.69 Å². The van der Waals surface area contributed by atoms with Crippen molar-refractivity contribution in [3.05, 3.63) is 28.8 Å². The van der Waals surface area contributed by atoms with Crippen LogP contribution >= 0.6 is 11.6 Å². The predicted molar refractivity (Wildman–Crippen MR) is 83.4 cm³/mol. The number of halogens is 1. The second-order valence-electron chi connectivity index (χ2n) is 5.02. The van der Waals surface area contributed by atoms with Crippen molar-refractivity contribution in [2.45, 2.75) is 32.9 Å². The fourth-order valence-corrected chi connectivity index (χ4v) is 2.76. The number of hydrogen-bond acceptors (Lipinski definition) is 4. The Balaban J connectivity index is 2.37. The summed E-state index contributed by atoms with van der Waals surface area (Å²) in [5.74, 6) is -0.507. The van der Waals surface area contributed by atoms with E-state index in [0.717, 1.165) is 17.8 Å². The third kappa shape index (κ3) is 3.54. The molecule has 1 atom stereocenters. The van der Waals surface area contributed by atoms with Crippen molar-refractivity contribution in [2.24, 2.45) is 0 Å². The van der Waals surface area contributed by atoms with Gasteiger partial charge in [0.05, 0.1) is 6.54 Å². The van der Waals surface area contributed by atoms with E-state index in [0.29, 0.717) is 18.0 Å². The summed E-state index contributed by atoms with van der Waals surface area (Å²) >= 11 is 6.07. The molecule has 1 aliphatic rings. The molecule has 0 aliphatic carbocycles. The van der Waals surface area contributed by atoms with Crippen LogP contribution in [0.5, 0.6) is 0 Å². The van der Waals surface area contributed by atoms with Crippen molar-refractivity contribution in [3.63, 3.8) is 0 Å². The summed E-state index contributed by atoms with van der Waals surface area (Å²) < 4.78 is 0. The molecule has 2 rings (SSSR count). The number of anilines is 1. The van der Waals surface area contributed by atoms with E-state index in [9.17, 15) is 9.59 Å². The zero-order valence-electron chi connectivity index (χ0n) is 12.3. The lowest BCUT2D eigenvalue weighted by Crippen LogP contribution is -2.58. The van der Waals surface area contributed by atoms with Gasteiger partial charge < -0.3 is 10.2 Å². The molecule has 21 heavy (non-hydrogen) atoms. The molecule has 1 heterocycles. The molecule has 0 spiro atoms. The summed E-state index contributed by atoms with van der Waals surface area (Å²) in [7, 11) is 0. The van der Waals surface area contributed by atoms with Gasteiger partial charge in [0, 0.05) is 17.3 Å². The normalized spacial score (nSPS) is 18.8. The largest absolute Gasteiger partial charge is 0.350 e. The first-order valence-electron chi connectivity index (χ1n) is 7.16. The Morgan fingerprint density at radius 1 is 1.38 bits per heavy atom. The molecule has 1 fully saturated rings. The average Bonchev–Trinajstić information content (AvgIpc) is 2.44. The van der Waals surface area contributed by atoms with Gasteiger partial charge in [0.1, 0.15) is 6.04 Å². The first kappa shape index (κ1) is 15.8. The third-order valence-corrected chi connectivity index (χ3v) is 3.79. The molecular formula is C15H20ClN3O2. The maximum Gasteiger partial charge on any atom is 0.249 e. The van der Waals surface area contributed by atoms with E-state index in [-0.39, 0.29) is 24.4 Å². The highest BCUT2D eigenvalue weighted by Crippen LogP contribution is 2.28. The molecule has 1 aromatic rings. The number of nitrogens with one attached hydrogen (secondary N) is 2. The van der Waals surface area contributed by atoms with Crippen LogP contribution in [0.1, 0.15) is 25.8 Å². The smallest absolute Gasteiger partial charge is 0.249 e. The number of amides is 2. The number of nitrogens with zero attached hydrogens (tertiary/aromatic N) is 1. The predicted octanol–water partition coefficient (Wildman–Crippen LogP) is 1.69. The fourth-order valence-electron chi connectivity index (χ4n) is 2.56. The second kappa shape index (κ2) is 6.91. The fraction of sp³-hybridized carbons (Fsp3) is 0.467. The van der Waals surface area contributed by atoms with Crippen LogP contribution in [-0.4, -0.2) is 30.9 Å². The van der Waals surface area contributed by atoms with Gasteiger partial charge in [-0.15, -0.1) is 0 Å². The molecule has 5 nitrogen and oxygen atoms in total. The summed E-state index contributed by atoms with van der Waals surface area (Å²) in [5, 5.41) is 6.29. The quantitative estimate of drug-likeness (QED) is 0.813. The lowest BCUT2D eigenvalue weighted by Gasteiger charge is -2.36. The van der Waals surface area contributed by atoms with Crippen molar-refractivity contribution in [2.75, 3.05) is 18.0 Å². The van der Waals surface area contributed by atoms with Gasteiger partial charge >= 0.3 is 0 Å². The topological polar surface area (TPSA) is 61.4 Å². The number of piperazine rings is 1. The van der Waals surface area contributed by atoms with Crippen molar-refractivity contribution in [3.8, 4) is 0 Å². The summed E-state index contributed by atoms with van der Waals surface area (Å²) in [6.07, 6.45) is 0.641. The highest BCUT2D eigenvalue weighted by Gasteiger charge is 2.33. The number of rotatable bonds is 5. The number of hydrogen-bond donors (Lipinski definition) is 2. The standard InChI is InChI=1S/C15H20ClN3O2/c1-3-12-15(21)18-14(20)9-19(12)13-6-5-11(16)7-10(13)8-17-4-2/h5-7,12,17H,3-4,8-9H2,1-2H3,(H,18,20,21). The molecule has 1 saturated heterocycles. The Morgan fingerprint density at radius 2 is 2.14 bits per heavy atom. The zero-order valence-corrected chi connectivity index (χ0v) is 13.0. The van der Waals surface area contributed by atoms with Gasteiger partial charge in [0.2, 0.25) is 11.8 Å². The van der Waals surface area contributed by atoms with Gasteiger partial charge in [0.15, 0.2) is 0 Å². The number of imide groups is 1. The Kier molecular flexibility index (Phi) is 5.20. The van der Waals surface area contributed by atoms with Crippen molar-refractivity contribution in [1.82, 2.24) is 10.6 Å². The van der Waals surface area contributed by atoms with E-state index in [2.05, 4.69) is 10.6 Å². The Labute approximate surface area is 129 Å². The Bertz CT molecular complexity index is 548. The lowest BCUT2D eigenvalue weighted by molar-refractivity contribution is -0.132. The molecule has 0 aromatic heterocycles. The summed E-state index contributed by atoms with van der Waals surface area (Å²) in [6.45, 7) is 5.63. The van der Waals surface area contributed by atoms with Crippen LogP contribution in [-0.2, 0) is 16.1 Å². The Morgan fingerprint density at radius 3 is 2.81 bits per heavy atom. The Hall–Kier alpha value is -1.59. The van der Waals surface area contributed by atoms with Crippen LogP contribution in [0.3, 0.4) is 0 Å². The minimum Gasteiger partial charge on any atom is -0.350 e. The van der Waals surface area contributed by atoms with Gasteiger partial charge in [-0.1, -0.05) is 25.4 Å². The summed E-state index contributed by atoms with van der Waals surface area (Å²) in [6, 6.07) is 5.22. The van der Waals surface area contributed by atoms with E-state index in [1.807, 2.05) is 30.9 Å². The van der Waals surface area contributed by atoms with Crippen molar-refractivity contribution < 1.29 is 9.59 Å². The van der Waals surface area contributed by atoms with Gasteiger partial charge in [-0.2, -0.15) is 0 Å². The van der Waals surface area contributed by atoms with Crippen LogP contribution in [0.2, 0.25) is 5.02 Å². The minimum absolute atomic E-state index is 0.186. The first-order chi connectivity index (χ1) is 10.1. The third-order valence-electron chi connectivity index (χ3n) is 3.56. The highest BCUT2D eigenvalue weighted by atomic mass is 35.5. The average molecular weight is 310 g/mol. The van der Waals surface area contributed by atoms with Crippen molar-refractivity contribution >= 4 is 29.1 Å². The monoisotopic (exact) mass is 309 g/mol. The summed E-state index contributed by atoms with van der Waals surface area (Å²) in [4.78, 5) is 25.6. The highest BCUT2D eigenvalue weighted by molar-refractivity contribution is 6.30. The maximum atomic E-state index is 12.0. The van der Waals surface area contributed by atoms with Gasteiger partial charge in [0.25, 0.3) is 0 Å². The SMILES string of the molecule is CCNCc1cc(Cl)ccc1N1CC(=O)NC(=O)C1CC. The van der Waals surface area contributed by atoms with E-state index >= 15 is 0 Å². The van der Waals surface area contributed by atoms with Crippen LogP contribution in [0.15, 0.2) is 18.2 Å². The van der Waals surface area contributed by atoms with E-state index in [1.165, 1.54) is 0 Å². The van der Waals surface area contributed by atoms with Crippen molar-refractivity contribution in [1.29, 1.82) is 0 Å². The molecule has 114 valence electrons. The minimum atomic E-state index is -0.329. The second-order valence-corrected chi connectivity index (χ2v) is 5.45. The molecule has 1 unspecified atom stereocenters. The summed E-state index contributed by atoms with van der Waals surface area (Å²) in [5.41, 5.74) is 1.88.